The fourth-order valence-corrected chi connectivity index (χ4v) is 5.30. The van der Waals surface area contributed by atoms with Crippen LogP contribution >= 0.6 is 23.2 Å². The van der Waals surface area contributed by atoms with Crippen LogP contribution in [0.15, 0.2) is 18.2 Å². The Hall–Kier alpha value is -1.83. The van der Waals surface area contributed by atoms with E-state index in [1.54, 1.807) is 23.1 Å². The van der Waals surface area contributed by atoms with Gasteiger partial charge in [-0.3, -0.25) is 14.4 Å². The summed E-state index contributed by atoms with van der Waals surface area (Å²) in [4.78, 5) is 46.9. The van der Waals surface area contributed by atoms with Gasteiger partial charge in [-0.15, -0.1) is 0 Å². The molecule has 1 aromatic carbocycles. The maximum absolute atomic E-state index is 13.3. The van der Waals surface area contributed by atoms with Gasteiger partial charge in [-0.2, -0.15) is 0 Å². The lowest BCUT2D eigenvalue weighted by atomic mass is 9.94. The molecule has 3 fully saturated rings. The van der Waals surface area contributed by atoms with Crippen LogP contribution in [-0.4, -0.2) is 96.2 Å². The molecular formula is C23H30Cl2N4O3. The van der Waals surface area contributed by atoms with Crippen molar-refractivity contribution in [2.75, 3.05) is 52.9 Å². The molecule has 3 saturated heterocycles. The summed E-state index contributed by atoms with van der Waals surface area (Å²) in [5, 5.41) is 0.771. The first-order valence-corrected chi connectivity index (χ1v) is 12.1. The molecule has 1 unspecified atom stereocenters. The molecule has 1 atom stereocenters. The van der Waals surface area contributed by atoms with E-state index in [4.69, 9.17) is 23.2 Å². The fourth-order valence-electron chi connectivity index (χ4n) is 4.93. The van der Waals surface area contributed by atoms with Crippen LogP contribution in [0.2, 0.25) is 10.0 Å². The highest BCUT2D eigenvalue weighted by atomic mass is 35.5. The number of likely N-dealkylation sites (tertiary alicyclic amines) is 2. The molecule has 0 radical (unpaired) electrons. The molecule has 0 bridgehead atoms. The van der Waals surface area contributed by atoms with Gasteiger partial charge in [0, 0.05) is 56.8 Å². The summed E-state index contributed by atoms with van der Waals surface area (Å²) in [6, 6.07) is 4.32. The van der Waals surface area contributed by atoms with Gasteiger partial charge in [-0.25, -0.2) is 0 Å². The van der Waals surface area contributed by atoms with E-state index in [1.807, 2.05) is 9.80 Å². The van der Waals surface area contributed by atoms with Crippen LogP contribution in [0.1, 0.15) is 36.0 Å². The maximum atomic E-state index is 13.3. The van der Waals surface area contributed by atoms with Gasteiger partial charge in [0.15, 0.2) is 0 Å². The smallest absolute Gasteiger partial charge is 0.256 e. The molecule has 0 N–H and O–H groups in total. The van der Waals surface area contributed by atoms with Gasteiger partial charge in [0.05, 0.1) is 10.6 Å². The predicted molar refractivity (Wildman–Crippen MR) is 124 cm³/mol. The summed E-state index contributed by atoms with van der Waals surface area (Å²) >= 11 is 12.3. The summed E-state index contributed by atoms with van der Waals surface area (Å²) in [6.07, 6.45) is 2.77. The van der Waals surface area contributed by atoms with E-state index in [0.29, 0.717) is 54.5 Å². The van der Waals surface area contributed by atoms with Gasteiger partial charge in [-0.1, -0.05) is 23.2 Å². The molecule has 0 spiro atoms. The Morgan fingerprint density at radius 3 is 2.19 bits per heavy atom. The van der Waals surface area contributed by atoms with Crippen LogP contribution in [0.25, 0.3) is 0 Å². The van der Waals surface area contributed by atoms with Crippen molar-refractivity contribution < 1.29 is 14.4 Å². The molecule has 7 nitrogen and oxygen atoms in total. The Kier molecular flexibility index (Phi) is 7.27. The third-order valence-electron chi connectivity index (χ3n) is 6.93. The number of nitrogens with zero attached hydrogens (tertiary/aromatic N) is 4. The zero-order valence-electron chi connectivity index (χ0n) is 18.4. The zero-order valence-corrected chi connectivity index (χ0v) is 19.9. The first-order valence-electron chi connectivity index (χ1n) is 11.4. The van der Waals surface area contributed by atoms with E-state index >= 15 is 0 Å². The minimum Gasteiger partial charge on any atom is -0.341 e. The van der Waals surface area contributed by atoms with Crippen molar-refractivity contribution in [3.05, 3.63) is 33.8 Å². The molecular weight excluding hydrogens is 451 g/mol. The fraction of sp³-hybridized carbons (Fsp3) is 0.609. The number of carbonyl (C=O) groups excluding carboxylic acids is 3. The van der Waals surface area contributed by atoms with Gasteiger partial charge in [-0.05, 0) is 50.9 Å². The van der Waals surface area contributed by atoms with E-state index in [1.165, 1.54) is 0 Å². The summed E-state index contributed by atoms with van der Waals surface area (Å²) in [6.45, 7) is 5.01. The molecule has 3 aliphatic rings. The Balaban J connectivity index is 1.35. The Bertz CT molecular complexity index is 880. The SMILES string of the molecule is CN1CCN(C(=O)C2CCN(C(=O)C3CCCN3C(=O)c3cc(Cl)ccc3Cl)CC2)CC1. The van der Waals surface area contributed by atoms with Crippen LogP contribution < -0.4 is 0 Å². The third-order valence-corrected chi connectivity index (χ3v) is 7.49. The van der Waals surface area contributed by atoms with Crippen LogP contribution in [-0.2, 0) is 9.59 Å². The Labute approximate surface area is 199 Å². The molecule has 174 valence electrons. The topological polar surface area (TPSA) is 64.2 Å². The van der Waals surface area contributed by atoms with E-state index in [-0.39, 0.29) is 23.6 Å². The quantitative estimate of drug-likeness (QED) is 0.666. The molecule has 0 saturated carbocycles. The number of carbonyl (C=O) groups is 3. The number of halogens is 2. The predicted octanol–water partition coefficient (Wildman–Crippen LogP) is 2.61. The van der Waals surface area contributed by atoms with Gasteiger partial charge in [0.2, 0.25) is 11.8 Å². The number of piperidine rings is 1. The summed E-state index contributed by atoms with van der Waals surface area (Å²) in [5.41, 5.74) is 0.329. The van der Waals surface area contributed by atoms with Crippen LogP contribution in [0.5, 0.6) is 0 Å². The first-order chi connectivity index (χ1) is 15.3. The summed E-state index contributed by atoms with van der Waals surface area (Å²) in [7, 11) is 2.07. The van der Waals surface area contributed by atoms with E-state index in [9.17, 15) is 14.4 Å². The lowest BCUT2D eigenvalue weighted by molar-refractivity contribution is -0.143. The molecule has 0 aromatic heterocycles. The summed E-state index contributed by atoms with van der Waals surface area (Å²) in [5.74, 6) is -0.0829. The standard InChI is InChI=1S/C23H30Cl2N4O3/c1-26-11-13-28(14-12-26)21(30)16-6-9-27(10-7-16)23(32)20-3-2-8-29(20)22(31)18-15-17(24)4-5-19(18)25/h4-5,15-16,20H,2-3,6-14H2,1H3. The number of rotatable bonds is 3. The van der Waals surface area contributed by atoms with Gasteiger partial charge in [0.1, 0.15) is 6.04 Å². The maximum Gasteiger partial charge on any atom is 0.256 e. The Morgan fingerprint density at radius 1 is 0.844 bits per heavy atom. The number of hydrogen-bond acceptors (Lipinski definition) is 4. The van der Waals surface area contributed by atoms with Crippen LogP contribution in [0, 0.1) is 5.92 Å². The highest BCUT2D eigenvalue weighted by Crippen LogP contribution is 2.28. The minimum atomic E-state index is -0.484. The van der Waals surface area contributed by atoms with Crippen molar-refractivity contribution >= 4 is 40.9 Å². The number of likely N-dealkylation sites (N-methyl/N-ethyl adjacent to an activating group) is 1. The normalized spacial score (nSPS) is 23.0. The van der Waals surface area contributed by atoms with Crippen molar-refractivity contribution in [2.24, 2.45) is 5.92 Å². The third kappa shape index (κ3) is 4.90. The van der Waals surface area contributed by atoms with Crippen molar-refractivity contribution in [3.8, 4) is 0 Å². The van der Waals surface area contributed by atoms with Gasteiger partial charge in [0.25, 0.3) is 5.91 Å². The van der Waals surface area contributed by atoms with Gasteiger partial charge >= 0.3 is 0 Å². The van der Waals surface area contributed by atoms with E-state index < -0.39 is 6.04 Å². The molecule has 4 rings (SSSR count). The second-order valence-electron chi connectivity index (χ2n) is 9.01. The molecule has 1 aromatic rings. The average molecular weight is 481 g/mol. The Morgan fingerprint density at radius 2 is 1.50 bits per heavy atom. The number of benzene rings is 1. The summed E-state index contributed by atoms with van der Waals surface area (Å²) < 4.78 is 0. The molecule has 32 heavy (non-hydrogen) atoms. The largest absolute Gasteiger partial charge is 0.341 e. The van der Waals surface area contributed by atoms with Crippen molar-refractivity contribution in [3.63, 3.8) is 0 Å². The van der Waals surface area contributed by atoms with E-state index in [2.05, 4.69) is 11.9 Å². The van der Waals surface area contributed by atoms with Crippen LogP contribution in [0.4, 0.5) is 0 Å². The molecule has 0 aliphatic carbocycles. The zero-order chi connectivity index (χ0) is 22.8. The molecule has 3 aliphatic heterocycles. The number of amides is 3. The average Bonchev–Trinajstić information content (AvgIpc) is 3.30. The minimum absolute atomic E-state index is 0.0194. The monoisotopic (exact) mass is 480 g/mol. The number of hydrogen-bond donors (Lipinski definition) is 0. The number of piperazine rings is 1. The molecule has 3 amide bonds. The first kappa shape index (κ1) is 23.3. The van der Waals surface area contributed by atoms with Crippen molar-refractivity contribution in [1.29, 1.82) is 0 Å². The van der Waals surface area contributed by atoms with Gasteiger partial charge < -0.3 is 19.6 Å². The van der Waals surface area contributed by atoms with Crippen molar-refractivity contribution in [2.45, 2.75) is 31.7 Å². The second kappa shape index (κ2) is 9.98. The molecule has 3 heterocycles. The highest BCUT2D eigenvalue weighted by Gasteiger charge is 2.39. The molecule has 9 heteroatoms. The van der Waals surface area contributed by atoms with E-state index in [0.717, 1.165) is 32.6 Å². The van der Waals surface area contributed by atoms with Crippen molar-refractivity contribution in [1.82, 2.24) is 19.6 Å². The lowest BCUT2D eigenvalue weighted by Crippen LogP contribution is -2.53. The highest BCUT2D eigenvalue weighted by molar-refractivity contribution is 6.35. The lowest BCUT2D eigenvalue weighted by Gasteiger charge is -2.38. The second-order valence-corrected chi connectivity index (χ2v) is 9.85. The van der Waals surface area contributed by atoms with Crippen LogP contribution in [0.3, 0.4) is 0 Å².